The molecule has 1 heterocycles. The summed E-state index contributed by atoms with van der Waals surface area (Å²) in [6, 6.07) is 0. The van der Waals surface area contributed by atoms with E-state index in [1.54, 1.807) is 0 Å². The quantitative estimate of drug-likeness (QED) is 0.383. The molecule has 0 aromatic carbocycles. The van der Waals surface area contributed by atoms with Crippen LogP contribution in [-0.2, 0) is 19.3 Å². The summed E-state index contributed by atoms with van der Waals surface area (Å²) in [6.45, 7) is 6.52. The lowest BCUT2D eigenvalue weighted by Gasteiger charge is -2.43. The summed E-state index contributed by atoms with van der Waals surface area (Å²) in [5, 5.41) is 0. The second-order valence-electron chi connectivity index (χ2n) is 4.19. The molecule has 0 N–H and O–H groups in total. The van der Waals surface area contributed by atoms with Crippen LogP contribution in [0.1, 0.15) is 52.9 Å². The van der Waals surface area contributed by atoms with Crippen LogP contribution in [0.25, 0.3) is 0 Å². The highest BCUT2D eigenvalue weighted by molar-refractivity contribution is 5.81. The van der Waals surface area contributed by atoms with E-state index in [1.165, 1.54) is 0 Å². The molecule has 0 amide bonds. The van der Waals surface area contributed by atoms with E-state index >= 15 is 0 Å². The van der Waals surface area contributed by atoms with Gasteiger partial charge in [-0.05, 0) is 19.3 Å². The Labute approximate surface area is 97.2 Å². The average molecular weight is 230 g/mol. The number of rotatable bonds is 7. The molecule has 94 valence electrons. The lowest BCUT2D eigenvalue weighted by atomic mass is 9.89. The smallest absolute Gasteiger partial charge is 0.344 e. The first-order chi connectivity index (χ1) is 7.71. The third-order valence-corrected chi connectivity index (χ3v) is 2.99. The van der Waals surface area contributed by atoms with Gasteiger partial charge in [-0.25, -0.2) is 14.6 Å². The van der Waals surface area contributed by atoms with Gasteiger partial charge < -0.3 is 4.74 Å². The normalized spacial score (nSPS) is 28.6. The predicted molar refractivity (Wildman–Crippen MR) is 59.8 cm³/mol. The molecule has 2 atom stereocenters. The zero-order chi connectivity index (χ0) is 12.0. The van der Waals surface area contributed by atoms with Crippen molar-refractivity contribution in [2.75, 3.05) is 6.61 Å². The van der Waals surface area contributed by atoms with E-state index in [2.05, 4.69) is 13.8 Å². The molecule has 0 bridgehead atoms. The molecule has 0 radical (unpaired) electrons. The fourth-order valence-electron chi connectivity index (χ4n) is 1.80. The van der Waals surface area contributed by atoms with Crippen LogP contribution in [0.4, 0.5) is 0 Å². The van der Waals surface area contributed by atoms with Gasteiger partial charge in [-0.15, -0.1) is 0 Å². The summed E-state index contributed by atoms with van der Waals surface area (Å²) in [4.78, 5) is 22.0. The second kappa shape index (κ2) is 6.21. The van der Waals surface area contributed by atoms with Gasteiger partial charge in [0.05, 0.1) is 6.61 Å². The van der Waals surface area contributed by atoms with Crippen molar-refractivity contribution in [2.24, 2.45) is 0 Å². The summed E-state index contributed by atoms with van der Waals surface area (Å²) < 4.78 is 5.21. The number of carbonyl (C=O) groups is 1. The number of esters is 1. The maximum Gasteiger partial charge on any atom is 0.344 e. The SMILES string of the molecule is CCCCOC(=O)C1(CC)OOC1CCC. The van der Waals surface area contributed by atoms with Crippen molar-refractivity contribution in [1.82, 2.24) is 0 Å². The standard InChI is InChI=1S/C12H22O4/c1-4-7-9-14-11(13)12(6-3)10(8-5-2)15-16-12/h10H,4-9H2,1-3H3. The Kier molecular flexibility index (Phi) is 5.22. The van der Waals surface area contributed by atoms with Crippen LogP contribution in [0.3, 0.4) is 0 Å². The molecule has 4 heteroatoms. The minimum atomic E-state index is -0.844. The zero-order valence-corrected chi connectivity index (χ0v) is 10.5. The molecule has 0 saturated carbocycles. The first-order valence-corrected chi connectivity index (χ1v) is 6.23. The van der Waals surface area contributed by atoms with Crippen LogP contribution in [0.15, 0.2) is 0 Å². The Morgan fingerprint density at radius 3 is 2.50 bits per heavy atom. The minimum Gasteiger partial charge on any atom is -0.463 e. The van der Waals surface area contributed by atoms with Gasteiger partial charge in [0.2, 0.25) is 5.60 Å². The summed E-state index contributed by atoms with van der Waals surface area (Å²) >= 11 is 0. The van der Waals surface area contributed by atoms with Gasteiger partial charge in [0, 0.05) is 0 Å². The molecule has 2 unspecified atom stereocenters. The van der Waals surface area contributed by atoms with Crippen molar-refractivity contribution in [3.05, 3.63) is 0 Å². The lowest BCUT2D eigenvalue weighted by molar-refractivity contribution is -0.498. The van der Waals surface area contributed by atoms with Crippen molar-refractivity contribution >= 4 is 5.97 Å². The van der Waals surface area contributed by atoms with Gasteiger partial charge in [0.1, 0.15) is 6.10 Å². The van der Waals surface area contributed by atoms with Crippen molar-refractivity contribution in [1.29, 1.82) is 0 Å². The number of carbonyl (C=O) groups excluding carboxylic acids is 1. The van der Waals surface area contributed by atoms with E-state index in [-0.39, 0.29) is 12.1 Å². The Morgan fingerprint density at radius 1 is 1.31 bits per heavy atom. The van der Waals surface area contributed by atoms with Gasteiger partial charge in [-0.2, -0.15) is 0 Å². The number of hydrogen-bond donors (Lipinski definition) is 0. The van der Waals surface area contributed by atoms with E-state index < -0.39 is 5.60 Å². The summed E-state index contributed by atoms with van der Waals surface area (Å²) in [6.07, 6.45) is 4.17. The molecule has 1 aliphatic heterocycles. The Morgan fingerprint density at radius 2 is 2.06 bits per heavy atom. The molecule has 1 fully saturated rings. The van der Waals surface area contributed by atoms with E-state index in [9.17, 15) is 4.79 Å². The highest BCUT2D eigenvalue weighted by Crippen LogP contribution is 2.37. The van der Waals surface area contributed by atoms with Crippen molar-refractivity contribution in [3.8, 4) is 0 Å². The van der Waals surface area contributed by atoms with Gasteiger partial charge in [-0.1, -0.05) is 33.6 Å². The molecule has 0 aliphatic carbocycles. The first-order valence-electron chi connectivity index (χ1n) is 6.23. The van der Waals surface area contributed by atoms with Crippen molar-refractivity contribution in [3.63, 3.8) is 0 Å². The molecule has 0 aromatic heterocycles. The molecule has 1 aliphatic rings. The Balaban J connectivity index is 2.48. The maximum atomic E-state index is 11.9. The fourth-order valence-corrected chi connectivity index (χ4v) is 1.80. The topological polar surface area (TPSA) is 44.8 Å². The van der Waals surface area contributed by atoms with Crippen LogP contribution < -0.4 is 0 Å². The molecular weight excluding hydrogens is 208 g/mol. The number of unbranched alkanes of at least 4 members (excludes halogenated alkanes) is 1. The Hall–Kier alpha value is -0.610. The van der Waals surface area contributed by atoms with Crippen LogP contribution in [0.5, 0.6) is 0 Å². The van der Waals surface area contributed by atoms with Gasteiger partial charge >= 0.3 is 5.97 Å². The van der Waals surface area contributed by atoms with Crippen LogP contribution in [-0.4, -0.2) is 24.3 Å². The number of hydrogen-bond acceptors (Lipinski definition) is 4. The summed E-state index contributed by atoms with van der Waals surface area (Å²) in [5.41, 5.74) is -0.844. The molecule has 0 spiro atoms. The Bertz CT molecular complexity index is 225. The average Bonchev–Trinajstić information content (AvgIpc) is 2.26. The maximum absolute atomic E-state index is 11.9. The number of ether oxygens (including phenoxy) is 1. The minimum absolute atomic E-state index is 0.142. The largest absolute Gasteiger partial charge is 0.463 e. The monoisotopic (exact) mass is 230 g/mol. The zero-order valence-electron chi connectivity index (χ0n) is 10.5. The van der Waals surface area contributed by atoms with Gasteiger partial charge in [0.25, 0.3) is 0 Å². The molecule has 16 heavy (non-hydrogen) atoms. The molecule has 4 nitrogen and oxygen atoms in total. The highest BCUT2D eigenvalue weighted by atomic mass is 17.3. The molecule has 0 aromatic rings. The van der Waals surface area contributed by atoms with Crippen molar-refractivity contribution in [2.45, 2.75) is 64.6 Å². The van der Waals surface area contributed by atoms with Gasteiger partial charge in [0.15, 0.2) is 0 Å². The van der Waals surface area contributed by atoms with E-state index in [0.717, 1.165) is 25.7 Å². The summed E-state index contributed by atoms with van der Waals surface area (Å²) in [5.74, 6) is -0.270. The highest BCUT2D eigenvalue weighted by Gasteiger charge is 2.57. The van der Waals surface area contributed by atoms with E-state index in [4.69, 9.17) is 14.5 Å². The third-order valence-electron chi connectivity index (χ3n) is 2.99. The second-order valence-corrected chi connectivity index (χ2v) is 4.19. The third kappa shape index (κ3) is 2.55. The van der Waals surface area contributed by atoms with Crippen LogP contribution >= 0.6 is 0 Å². The molecule has 1 saturated heterocycles. The molecule has 1 rings (SSSR count). The van der Waals surface area contributed by atoms with E-state index in [1.807, 2.05) is 6.92 Å². The van der Waals surface area contributed by atoms with Crippen LogP contribution in [0.2, 0.25) is 0 Å². The predicted octanol–water partition coefficient (Wildman–Crippen LogP) is 2.61. The van der Waals surface area contributed by atoms with Crippen molar-refractivity contribution < 1.29 is 19.3 Å². The molecular formula is C12H22O4. The first kappa shape index (κ1) is 13.5. The summed E-state index contributed by atoms with van der Waals surface area (Å²) in [7, 11) is 0. The van der Waals surface area contributed by atoms with E-state index in [0.29, 0.717) is 13.0 Å². The van der Waals surface area contributed by atoms with Gasteiger partial charge in [-0.3, -0.25) is 0 Å². The van der Waals surface area contributed by atoms with Crippen LogP contribution in [0, 0.1) is 0 Å². The lowest BCUT2D eigenvalue weighted by Crippen LogP contribution is -2.61. The fraction of sp³-hybridized carbons (Fsp3) is 0.917.